The minimum absolute atomic E-state index is 0.528. The number of benzene rings is 1. The first kappa shape index (κ1) is 10.4. The molecule has 0 spiro atoms. The molecular formula is C11H12N4O. The van der Waals surface area contributed by atoms with Crippen molar-refractivity contribution in [2.75, 3.05) is 6.54 Å². The summed E-state index contributed by atoms with van der Waals surface area (Å²) in [6, 6.07) is 9.64. The van der Waals surface area contributed by atoms with Crippen molar-refractivity contribution in [3.63, 3.8) is 0 Å². The highest BCUT2D eigenvalue weighted by molar-refractivity contribution is 5.97. The van der Waals surface area contributed by atoms with E-state index in [-0.39, 0.29) is 0 Å². The number of hydrogen-bond acceptors (Lipinski definition) is 4. The van der Waals surface area contributed by atoms with Crippen LogP contribution in [0.4, 0.5) is 0 Å². The lowest BCUT2D eigenvalue weighted by Gasteiger charge is -1.99. The largest absolute Gasteiger partial charge is 0.384 e. The summed E-state index contributed by atoms with van der Waals surface area (Å²) in [5.74, 6) is 1.10. The molecule has 0 saturated carbocycles. The molecule has 0 aliphatic carbocycles. The molecule has 5 heteroatoms. The van der Waals surface area contributed by atoms with Gasteiger partial charge in [-0.2, -0.15) is 4.98 Å². The van der Waals surface area contributed by atoms with Gasteiger partial charge in [0.05, 0.1) is 6.54 Å². The Hall–Kier alpha value is -2.17. The summed E-state index contributed by atoms with van der Waals surface area (Å²) in [6.45, 7) is 0.545. The molecule has 0 amide bonds. The molecule has 5 nitrogen and oxygen atoms in total. The maximum atomic E-state index is 5.82. The maximum Gasteiger partial charge on any atom is 0.228 e. The molecular weight excluding hydrogens is 204 g/mol. The summed E-state index contributed by atoms with van der Waals surface area (Å²) >= 11 is 0. The van der Waals surface area contributed by atoms with Crippen molar-refractivity contribution in [2.24, 2.45) is 10.7 Å². The second kappa shape index (κ2) is 5.06. The fraction of sp³-hybridized carbons (Fsp3) is 0.182. The van der Waals surface area contributed by atoms with Gasteiger partial charge in [0, 0.05) is 12.0 Å². The van der Waals surface area contributed by atoms with Gasteiger partial charge >= 0.3 is 0 Å². The fourth-order valence-corrected chi connectivity index (χ4v) is 1.28. The predicted octanol–water partition coefficient (Wildman–Crippen LogP) is 1.02. The summed E-state index contributed by atoms with van der Waals surface area (Å²) in [5.41, 5.74) is 6.74. The van der Waals surface area contributed by atoms with E-state index >= 15 is 0 Å². The molecule has 2 N–H and O–H groups in total. The molecule has 1 aromatic heterocycles. The maximum absolute atomic E-state index is 5.82. The van der Waals surface area contributed by atoms with Gasteiger partial charge < -0.3 is 10.3 Å². The van der Waals surface area contributed by atoms with Crippen molar-refractivity contribution in [3.8, 4) is 0 Å². The lowest BCUT2D eigenvalue weighted by atomic mass is 10.2. The van der Waals surface area contributed by atoms with E-state index in [2.05, 4.69) is 15.1 Å². The smallest absolute Gasteiger partial charge is 0.228 e. The molecule has 0 aliphatic rings. The number of nitrogens with zero attached hydrogens (tertiary/aromatic N) is 3. The zero-order chi connectivity index (χ0) is 11.2. The zero-order valence-electron chi connectivity index (χ0n) is 8.71. The minimum Gasteiger partial charge on any atom is -0.384 e. The third kappa shape index (κ3) is 2.66. The van der Waals surface area contributed by atoms with E-state index < -0.39 is 0 Å². The van der Waals surface area contributed by atoms with Crippen LogP contribution >= 0.6 is 0 Å². The Kier molecular flexibility index (Phi) is 3.28. The van der Waals surface area contributed by atoms with Gasteiger partial charge in [-0.25, -0.2) is 0 Å². The molecule has 2 rings (SSSR count). The summed E-state index contributed by atoms with van der Waals surface area (Å²) in [5, 5.41) is 3.51. The van der Waals surface area contributed by atoms with Crippen molar-refractivity contribution in [1.29, 1.82) is 0 Å². The zero-order valence-corrected chi connectivity index (χ0v) is 8.71. The average Bonchev–Trinajstić information content (AvgIpc) is 2.83. The van der Waals surface area contributed by atoms with E-state index in [0.717, 1.165) is 5.56 Å². The lowest BCUT2D eigenvalue weighted by molar-refractivity contribution is 0.379. The normalized spacial score (nSPS) is 11.6. The van der Waals surface area contributed by atoms with E-state index in [0.29, 0.717) is 24.7 Å². The van der Waals surface area contributed by atoms with E-state index in [1.165, 1.54) is 6.33 Å². The molecule has 0 fully saturated rings. The Morgan fingerprint density at radius 3 is 2.81 bits per heavy atom. The van der Waals surface area contributed by atoms with Gasteiger partial charge in [0.15, 0.2) is 6.33 Å². The molecule has 0 atom stereocenters. The highest BCUT2D eigenvalue weighted by atomic mass is 16.5. The van der Waals surface area contributed by atoms with Crippen LogP contribution in [0.1, 0.15) is 11.5 Å². The number of aliphatic imine (C=N–C) groups is 1. The van der Waals surface area contributed by atoms with Crippen LogP contribution in [-0.2, 0) is 6.42 Å². The highest BCUT2D eigenvalue weighted by Crippen LogP contribution is 1.98. The van der Waals surface area contributed by atoms with Crippen LogP contribution in [0.25, 0.3) is 0 Å². The van der Waals surface area contributed by atoms with Crippen LogP contribution in [0.5, 0.6) is 0 Å². The topological polar surface area (TPSA) is 77.3 Å². The summed E-state index contributed by atoms with van der Waals surface area (Å²) in [4.78, 5) is 8.13. The third-order valence-corrected chi connectivity index (χ3v) is 2.08. The van der Waals surface area contributed by atoms with Crippen molar-refractivity contribution in [2.45, 2.75) is 6.42 Å². The number of hydrogen-bond donors (Lipinski definition) is 1. The van der Waals surface area contributed by atoms with Gasteiger partial charge in [0.1, 0.15) is 5.84 Å². The second-order valence-electron chi connectivity index (χ2n) is 3.22. The Labute approximate surface area is 93.0 Å². The number of rotatable bonds is 4. The van der Waals surface area contributed by atoms with Crippen molar-refractivity contribution in [3.05, 3.63) is 48.1 Å². The van der Waals surface area contributed by atoms with Crippen LogP contribution in [0.15, 0.2) is 46.2 Å². The van der Waals surface area contributed by atoms with E-state index in [1.54, 1.807) is 0 Å². The molecule has 1 aromatic carbocycles. The minimum atomic E-state index is 0.528. The quantitative estimate of drug-likeness (QED) is 0.611. The third-order valence-electron chi connectivity index (χ3n) is 2.08. The van der Waals surface area contributed by atoms with Gasteiger partial charge in [-0.3, -0.25) is 4.99 Å². The van der Waals surface area contributed by atoms with Gasteiger partial charge in [-0.1, -0.05) is 35.5 Å². The van der Waals surface area contributed by atoms with Crippen LogP contribution < -0.4 is 5.73 Å². The van der Waals surface area contributed by atoms with Crippen molar-refractivity contribution in [1.82, 2.24) is 10.1 Å². The number of aromatic nitrogens is 2. The molecule has 82 valence electrons. The SMILES string of the molecule is NC(=NCCc1ncno1)c1ccccc1. The molecule has 2 aromatic rings. The first-order valence-corrected chi connectivity index (χ1v) is 4.97. The first-order chi connectivity index (χ1) is 7.86. The lowest BCUT2D eigenvalue weighted by Crippen LogP contribution is -2.14. The van der Waals surface area contributed by atoms with Crippen LogP contribution in [0, 0.1) is 0 Å². The predicted molar refractivity (Wildman–Crippen MR) is 60.0 cm³/mol. The molecule has 16 heavy (non-hydrogen) atoms. The van der Waals surface area contributed by atoms with E-state index in [1.807, 2.05) is 30.3 Å². The van der Waals surface area contributed by atoms with Gasteiger partial charge in [0.2, 0.25) is 5.89 Å². The average molecular weight is 216 g/mol. The Balaban J connectivity index is 1.93. The van der Waals surface area contributed by atoms with Gasteiger partial charge in [-0.05, 0) is 0 Å². The monoisotopic (exact) mass is 216 g/mol. The fourth-order valence-electron chi connectivity index (χ4n) is 1.28. The van der Waals surface area contributed by atoms with E-state index in [4.69, 9.17) is 10.3 Å². The molecule has 0 saturated heterocycles. The Bertz CT molecular complexity index is 450. The van der Waals surface area contributed by atoms with Gasteiger partial charge in [0.25, 0.3) is 0 Å². The van der Waals surface area contributed by atoms with Crippen molar-refractivity contribution >= 4 is 5.84 Å². The second-order valence-corrected chi connectivity index (χ2v) is 3.22. The molecule has 0 radical (unpaired) electrons. The van der Waals surface area contributed by atoms with Crippen LogP contribution in [0.2, 0.25) is 0 Å². The Morgan fingerprint density at radius 2 is 2.12 bits per heavy atom. The Morgan fingerprint density at radius 1 is 1.31 bits per heavy atom. The molecule has 1 heterocycles. The molecule has 0 unspecified atom stereocenters. The standard InChI is InChI=1S/C11H12N4O/c12-11(9-4-2-1-3-5-9)13-7-6-10-14-8-15-16-10/h1-5,8H,6-7H2,(H2,12,13). The first-order valence-electron chi connectivity index (χ1n) is 4.97. The molecule has 0 bridgehead atoms. The van der Waals surface area contributed by atoms with Crippen molar-refractivity contribution < 1.29 is 4.52 Å². The summed E-state index contributed by atoms with van der Waals surface area (Å²) < 4.78 is 4.85. The van der Waals surface area contributed by atoms with Gasteiger partial charge in [-0.15, -0.1) is 0 Å². The van der Waals surface area contributed by atoms with Crippen LogP contribution in [0.3, 0.4) is 0 Å². The molecule has 0 aliphatic heterocycles. The number of nitrogens with two attached hydrogens (primary N) is 1. The summed E-state index contributed by atoms with van der Waals surface area (Å²) in [7, 11) is 0. The number of amidine groups is 1. The van der Waals surface area contributed by atoms with Crippen LogP contribution in [-0.4, -0.2) is 22.5 Å². The van der Waals surface area contributed by atoms with E-state index in [9.17, 15) is 0 Å². The highest BCUT2D eigenvalue weighted by Gasteiger charge is 1.99. The summed E-state index contributed by atoms with van der Waals surface area (Å²) in [6.07, 6.45) is 1.98.